The fraction of sp³-hybridized carbons (Fsp3) is 0.318. The molecular weight excluding hydrogens is 414 g/mol. The molecule has 8 nitrogen and oxygen atoms in total. The van der Waals surface area contributed by atoms with E-state index in [2.05, 4.69) is 20.6 Å². The highest BCUT2D eigenvalue weighted by Gasteiger charge is 2.23. The topological polar surface area (TPSA) is 102 Å². The molecule has 3 aromatic rings. The minimum Gasteiger partial charge on any atom is -0.486 e. The summed E-state index contributed by atoms with van der Waals surface area (Å²) in [5.74, 6) is 1.18. The van der Waals surface area contributed by atoms with Gasteiger partial charge in [0.2, 0.25) is 0 Å². The van der Waals surface area contributed by atoms with Crippen LogP contribution in [0.25, 0.3) is 17.1 Å². The van der Waals surface area contributed by atoms with Gasteiger partial charge in [0.1, 0.15) is 30.5 Å². The van der Waals surface area contributed by atoms with Gasteiger partial charge in [-0.3, -0.25) is 4.98 Å². The lowest BCUT2D eigenvalue weighted by atomic mass is 10.1. The maximum Gasteiger partial charge on any atom is 0.159 e. The minimum absolute atomic E-state index is 0.252. The van der Waals surface area contributed by atoms with E-state index in [9.17, 15) is 0 Å². The van der Waals surface area contributed by atoms with E-state index < -0.39 is 0 Å². The maximum atomic E-state index is 6.55. The molecule has 0 unspecified atom stereocenters. The molecule has 0 spiro atoms. The molecule has 9 heteroatoms. The number of nitrogens with one attached hydrogen (secondary N) is 2. The molecule has 31 heavy (non-hydrogen) atoms. The summed E-state index contributed by atoms with van der Waals surface area (Å²) in [6.07, 6.45) is 3.91. The number of pyridine rings is 1. The molecule has 160 valence electrons. The van der Waals surface area contributed by atoms with Crippen LogP contribution >= 0.6 is 11.6 Å². The van der Waals surface area contributed by atoms with Crippen molar-refractivity contribution < 1.29 is 4.74 Å². The zero-order valence-electron chi connectivity index (χ0n) is 17.0. The van der Waals surface area contributed by atoms with E-state index >= 15 is 0 Å². The second kappa shape index (κ2) is 8.56. The van der Waals surface area contributed by atoms with E-state index in [1.54, 1.807) is 6.20 Å². The van der Waals surface area contributed by atoms with Crippen LogP contribution in [-0.2, 0) is 6.61 Å². The summed E-state index contributed by atoms with van der Waals surface area (Å²) in [6.45, 7) is 2.71. The number of piperidine rings is 1. The van der Waals surface area contributed by atoms with Gasteiger partial charge in [0, 0.05) is 18.3 Å². The smallest absolute Gasteiger partial charge is 0.159 e. The van der Waals surface area contributed by atoms with Gasteiger partial charge in [-0.05, 0) is 49.7 Å². The Kier molecular flexibility index (Phi) is 5.48. The van der Waals surface area contributed by atoms with E-state index in [1.807, 2.05) is 41.1 Å². The van der Waals surface area contributed by atoms with Crippen LogP contribution in [0.2, 0.25) is 5.02 Å². The Morgan fingerprint density at radius 1 is 1.26 bits per heavy atom. The summed E-state index contributed by atoms with van der Waals surface area (Å²) in [5.41, 5.74) is 9.63. The predicted molar refractivity (Wildman–Crippen MR) is 119 cm³/mol. The summed E-state index contributed by atoms with van der Waals surface area (Å²) in [7, 11) is 0. The number of nitrogens with zero attached hydrogens (tertiary/aromatic N) is 4. The van der Waals surface area contributed by atoms with E-state index in [0.29, 0.717) is 29.9 Å². The molecule has 2 aliphatic rings. The first-order chi connectivity index (χ1) is 15.2. The van der Waals surface area contributed by atoms with Crippen LogP contribution in [0.15, 0.2) is 47.6 Å². The number of fused-ring (bicyclic) bond motifs is 1. The molecule has 5 rings (SSSR count). The van der Waals surface area contributed by atoms with Gasteiger partial charge < -0.3 is 21.1 Å². The lowest BCUT2D eigenvalue weighted by Gasteiger charge is -2.23. The Morgan fingerprint density at radius 3 is 2.97 bits per heavy atom. The Labute approximate surface area is 184 Å². The monoisotopic (exact) mass is 437 g/mol. The molecule has 0 aliphatic carbocycles. The highest BCUT2D eigenvalue weighted by atomic mass is 35.5. The van der Waals surface area contributed by atoms with Crippen LogP contribution in [0.1, 0.15) is 24.6 Å². The van der Waals surface area contributed by atoms with Crippen molar-refractivity contribution in [3.8, 4) is 17.0 Å². The number of benzene rings is 1. The summed E-state index contributed by atoms with van der Waals surface area (Å²) >= 11 is 6.55. The van der Waals surface area contributed by atoms with Crippen LogP contribution in [0.3, 0.4) is 0 Å². The van der Waals surface area contributed by atoms with Crippen molar-refractivity contribution in [3.63, 3.8) is 0 Å². The second-order valence-electron chi connectivity index (χ2n) is 7.65. The molecule has 0 bridgehead atoms. The van der Waals surface area contributed by atoms with E-state index in [4.69, 9.17) is 27.2 Å². The Balaban J connectivity index is 1.50. The summed E-state index contributed by atoms with van der Waals surface area (Å²) < 4.78 is 7.88. The Morgan fingerprint density at radius 2 is 2.19 bits per heavy atom. The van der Waals surface area contributed by atoms with E-state index in [1.165, 1.54) is 0 Å². The largest absolute Gasteiger partial charge is 0.486 e. The van der Waals surface area contributed by atoms with Crippen molar-refractivity contribution in [2.75, 3.05) is 19.8 Å². The van der Waals surface area contributed by atoms with Crippen molar-refractivity contribution in [1.82, 2.24) is 25.4 Å². The third kappa shape index (κ3) is 3.96. The fourth-order valence-electron chi connectivity index (χ4n) is 4.01. The maximum absolute atomic E-state index is 6.55. The highest BCUT2D eigenvalue weighted by Crippen LogP contribution is 2.29. The second-order valence-corrected chi connectivity index (χ2v) is 8.06. The number of halogens is 1. The number of hydrogen-bond acceptors (Lipinski definition) is 7. The van der Waals surface area contributed by atoms with Crippen LogP contribution in [0, 0.1) is 0 Å². The number of nitrogens with two attached hydrogens (primary N) is 1. The van der Waals surface area contributed by atoms with Crippen LogP contribution < -0.4 is 31.8 Å². The predicted octanol–water partition coefficient (Wildman–Crippen LogP) is 1.31. The first kappa shape index (κ1) is 19.8. The number of aromatic nitrogens is 3. The van der Waals surface area contributed by atoms with Crippen LogP contribution in [-0.4, -0.2) is 34.5 Å². The van der Waals surface area contributed by atoms with Gasteiger partial charge in [-0.15, -0.1) is 0 Å². The molecule has 1 saturated heterocycles. The molecule has 0 saturated carbocycles. The fourth-order valence-corrected chi connectivity index (χ4v) is 4.25. The van der Waals surface area contributed by atoms with Gasteiger partial charge in [-0.25, -0.2) is 9.67 Å². The Bertz CT molecular complexity index is 1200. The molecule has 2 aromatic heterocycles. The number of rotatable bonds is 5. The van der Waals surface area contributed by atoms with Gasteiger partial charge in [-0.1, -0.05) is 17.7 Å². The minimum atomic E-state index is 0.252. The zero-order valence-corrected chi connectivity index (χ0v) is 17.8. The first-order valence-corrected chi connectivity index (χ1v) is 10.8. The van der Waals surface area contributed by atoms with Gasteiger partial charge in [0.25, 0.3) is 0 Å². The third-order valence-electron chi connectivity index (χ3n) is 5.58. The molecule has 1 atom stereocenters. The third-order valence-corrected chi connectivity index (χ3v) is 5.87. The van der Waals surface area contributed by atoms with Gasteiger partial charge in [-0.2, -0.15) is 5.10 Å². The van der Waals surface area contributed by atoms with Crippen molar-refractivity contribution in [1.29, 1.82) is 0 Å². The molecule has 4 heterocycles. The van der Waals surface area contributed by atoms with Crippen molar-refractivity contribution in [2.24, 2.45) is 10.7 Å². The normalized spacial score (nSPS) is 18.1. The molecule has 1 fully saturated rings. The van der Waals surface area contributed by atoms with Crippen molar-refractivity contribution >= 4 is 17.4 Å². The Hall–Kier alpha value is -3.10. The van der Waals surface area contributed by atoms with E-state index in [-0.39, 0.29) is 6.04 Å². The quantitative estimate of drug-likeness (QED) is 0.556. The zero-order chi connectivity index (χ0) is 21.2. The standard InChI is InChI=1S/C22H24ClN7O/c23-17-10-14(6-7-18(17)31-12-15-4-1-2-9-26-15)20-19-21(24)27-13-28-22(19)30(29-20)16-5-3-8-25-11-16/h1-2,4,6-7,9-10,16,25,27H,3,5,8,11-13,24H2/t16-/m1/s1. The lowest BCUT2D eigenvalue weighted by molar-refractivity contribution is 0.301. The molecule has 0 amide bonds. The average molecular weight is 438 g/mol. The van der Waals surface area contributed by atoms with Gasteiger partial charge in [0.05, 0.1) is 22.0 Å². The highest BCUT2D eigenvalue weighted by molar-refractivity contribution is 6.32. The molecule has 4 N–H and O–H groups in total. The van der Waals surface area contributed by atoms with Gasteiger partial charge >= 0.3 is 0 Å². The number of ether oxygens (including phenoxy) is 1. The lowest BCUT2D eigenvalue weighted by Crippen LogP contribution is -2.45. The molecule has 0 radical (unpaired) electrons. The average Bonchev–Trinajstić information content (AvgIpc) is 3.21. The van der Waals surface area contributed by atoms with Gasteiger partial charge in [0.15, 0.2) is 5.49 Å². The van der Waals surface area contributed by atoms with Crippen molar-refractivity contribution in [3.05, 3.63) is 64.0 Å². The summed E-state index contributed by atoms with van der Waals surface area (Å²) in [4.78, 5) is 8.94. The molecule has 2 aliphatic heterocycles. The summed E-state index contributed by atoms with van der Waals surface area (Å²) in [5, 5.41) is 12.8. The summed E-state index contributed by atoms with van der Waals surface area (Å²) in [6, 6.07) is 11.6. The van der Waals surface area contributed by atoms with Crippen LogP contribution in [0.4, 0.5) is 0 Å². The molecule has 1 aromatic carbocycles. The van der Waals surface area contributed by atoms with Crippen molar-refractivity contribution in [2.45, 2.75) is 25.5 Å². The SMILES string of the molecule is NC1=c2c(-c3ccc(OCc4ccccn4)c(Cl)c3)nn([C@@H]3CCCNC3)c2=NCN1. The first-order valence-electron chi connectivity index (χ1n) is 10.4. The number of hydrogen-bond donors (Lipinski definition) is 3. The van der Waals surface area contributed by atoms with E-state index in [0.717, 1.165) is 53.6 Å². The molecular formula is C22H24ClN7O. The van der Waals surface area contributed by atoms with Crippen LogP contribution in [0.5, 0.6) is 5.75 Å².